The van der Waals surface area contributed by atoms with Crippen LogP contribution < -0.4 is 5.32 Å². The molecule has 3 rings (SSSR count). The molecule has 21 heavy (non-hydrogen) atoms. The minimum absolute atomic E-state index is 0.0779. The average Bonchev–Trinajstić information content (AvgIpc) is 3.17. The summed E-state index contributed by atoms with van der Waals surface area (Å²) in [6.07, 6.45) is 4.57. The van der Waals surface area contributed by atoms with Gasteiger partial charge in [0.1, 0.15) is 5.69 Å². The molecule has 1 aliphatic rings. The molecule has 0 unspecified atom stereocenters. The van der Waals surface area contributed by atoms with Crippen LogP contribution in [0.5, 0.6) is 0 Å². The molecule has 0 saturated heterocycles. The largest absolute Gasteiger partial charge is 0.348 e. The number of nitrogens with zero attached hydrogens (tertiary/aromatic N) is 1. The van der Waals surface area contributed by atoms with Crippen LogP contribution in [0.1, 0.15) is 46.7 Å². The van der Waals surface area contributed by atoms with Gasteiger partial charge >= 0.3 is 0 Å². The van der Waals surface area contributed by atoms with Crippen molar-refractivity contribution in [1.82, 2.24) is 10.3 Å². The molecule has 1 saturated carbocycles. The van der Waals surface area contributed by atoms with Crippen LogP contribution in [0, 0.1) is 11.8 Å². The first-order chi connectivity index (χ1) is 10.3. The third-order valence-electron chi connectivity index (χ3n) is 3.51. The highest BCUT2D eigenvalue weighted by atomic mass is 32.1. The molecule has 2 aromatic rings. The summed E-state index contributed by atoms with van der Waals surface area (Å²) in [6.45, 7) is 0. The number of hydrogen-bond acceptors (Lipinski definition) is 3. The number of aromatic nitrogens is 1. The van der Waals surface area contributed by atoms with E-state index in [1.54, 1.807) is 5.38 Å². The number of amides is 1. The second kappa shape index (κ2) is 6.55. The van der Waals surface area contributed by atoms with Crippen LogP contribution in [-0.2, 0) is 0 Å². The van der Waals surface area contributed by atoms with Crippen molar-refractivity contribution in [2.75, 3.05) is 0 Å². The highest BCUT2D eigenvalue weighted by molar-refractivity contribution is 7.10. The van der Waals surface area contributed by atoms with E-state index >= 15 is 0 Å². The zero-order valence-electron chi connectivity index (χ0n) is 11.6. The second-order valence-electron chi connectivity index (χ2n) is 5.11. The predicted molar refractivity (Wildman–Crippen MR) is 84.3 cm³/mol. The van der Waals surface area contributed by atoms with E-state index in [2.05, 4.69) is 22.1 Å². The third-order valence-corrected chi connectivity index (χ3v) is 4.27. The molecule has 0 spiro atoms. The third kappa shape index (κ3) is 3.71. The van der Waals surface area contributed by atoms with Crippen LogP contribution >= 0.6 is 11.3 Å². The quantitative estimate of drug-likeness (QED) is 0.865. The lowest BCUT2D eigenvalue weighted by Crippen LogP contribution is -2.32. The van der Waals surface area contributed by atoms with Gasteiger partial charge in [-0.15, -0.1) is 11.3 Å². The Kier molecular flexibility index (Phi) is 4.32. The van der Waals surface area contributed by atoms with Crippen LogP contribution in [0.4, 0.5) is 0 Å². The normalized spacial score (nSPS) is 14.5. The number of rotatable bonds is 2. The summed E-state index contributed by atoms with van der Waals surface area (Å²) in [5, 5.41) is 5.49. The zero-order chi connectivity index (χ0) is 14.5. The summed E-state index contributed by atoms with van der Waals surface area (Å²) in [7, 11) is 0. The Morgan fingerprint density at radius 2 is 1.95 bits per heavy atom. The Morgan fingerprint density at radius 1 is 1.19 bits per heavy atom. The summed E-state index contributed by atoms with van der Waals surface area (Å²) >= 11 is 1.41. The second-order valence-corrected chi connectivity index (χ2v) is 5.97. The maximum absolute atomic E-state index is 12.1. The lowest BCUT2D eigenvalue weighted by atomic mass is 10.2. The van der Waals surface area contributed by atoms with E-state index in [0.717, 1.165) is 18.4 Å². The molecule has 106 valence electrons. The first-order valence-electron chi connectivity index (χ1n) is 7.15. The van der Waals surface area contributed by atoms with Crippen LogP contribution in [0.3, 0.4) is 0 Å². The van der Waals surface area contributed by atoms with E-state index in [-0.39, 0.29) is 5.91 Å². The minimum Gasteiger partial charge on any atom is -0.348 e. The molecule has 0 radical (unpaired) electrons. The van der Waals surface area contributed by atoms with Gasteiger partial charge in [0.05, 0.1) is 0 Å². The van der Waals surface area contributed by atoms with E-state index < -0.39 is 0 Å². The van der Waals surface area contributed by atoms with Gasteiger partial charge in [0.15, 0.2) is 5.01 Å². The predicted octanol–water partition coefficient (Wildman–Crippen LogP) is 3.22. The highest BCUT2D eigenvalue weighted by Gasteiger charge is 2.19. The monoisotopic (exact) mass is 296 g/mol. The number of hydrogen-bond donors (Lipinski definition) is 1. The van der Waals surface area contributed by atoms with Crippen molar-refractivity contribution in [3.8, 4) is 11.8 Å². The molecule has 3 nitrogen and oxygen atoms in total. The molecule has 1 aromatic heterocycles. The molecule has 1 aromatic carbocycles. The molecule has 1 N–H and O–H groups in total. The van der Waals surface area contributed by atoms with Gasteiger partial charge in [-0.2, -0.15) is 0 Å². The maximum Gasteiger partial charge on any atom is 0.271 e. The molecule has 1 amide bonds. The Bertz CT molecular complexity index is 676. The summed E-state index contributed by atoms with van der Waals surface area (Å²) < 4.78 is 0. The molecule has 4 heteroatoms. The van der Waals surface area contributed by atoms with Crippen LogP contribution in [-0.4, -0.2) is 16.9 Å². The van der Waals surface area contributed by atoms with Gasteiger partial charge < -0.3 is 5.32 Å². The van der Waals surface area contributed by atoms with Gasteiger partial charge in [0, 0.05) is 17.0 Å². The highest BCUT2D eigenvalue weighted by Crippen LogP contribution is 2.18. The molecular weight excluding hydrogens is 280 g/mol. The summed E-state index contributed by atoms with van der Waals surface area (Å²) in [5.74, 6) is 5.98. The van der Waals surface area contributed by atoms with Gasteiger partial charge in [-0.25, -0.2) is 4.98 Å². The number of thiazole rings is 1. The minimum atomic E-state index is -0.0779. The fourth-order valence-electron chi connectivity index (χ4n) is 2.41. The van der Waals surface area contributed by atoms with Crippen molar-refractivity contribution in [2.24, 2.45) is 0 Å². The Labute approximate surface area is 128 Å². The van der Waals surface area contributed by atoms with Crippen LogP contribution in [0.15, 0.2) is 35.7 Å². The number of benzene rings is 1. The summed E-state index contributed by atoms with van der Waals surface area (Å²) in [6, 6.07) is 10.1. The van der Waals surface area contributed by atoms with Crippen molar-refractivity contribution in [3.05, 3.63) is 52.0 Å². The first-order valence-corrected chi connectivity index (χ1v) is 8.03. The van der Waals surface area contributed by atoms with Crippen molar-refractivity contribution < 1.29 is 4.79 Å². The van der Waals surface area contributed by atoms with Crippen molar-refractivity contribution >= 4 is 17.2 Å². The fraction of sp³-hybridized carbons (Fsp3) is 0.294. The van der Waals surface area contributed by atoms with Gasteiger partial charge in [0.2, 0.25) is 0 Å². The topological polar surface area (TPSA) is 42.0 Å². The smallest absolute Gasteiger partial charge is 0.271 e. The zero-order valence-corrected chi connectivity index (χ0v) is 12.5. The van der Waals surface area contributed by atoms with E-state index in [4.69, 9.17) is 0 Å². The van der Waals surface area contributed by atoms with Gasteiger partial charge in [-0.3, -0.25) is 4.79 Å². The molecule has 0 bridgehead atoms. The lowest BCUT2D eigenvalue weighted by molar-refractivity contribution is 0.0933. The molecule has 1 fully saturated rings. The number of carbonyl (C=O) groups excluding carboxylic acids is 1. The summed E-state index contributed by atoms with van der Waals surface area (Å²) in [4.78, 5) is 16.4. The number of carbonyl (C=O) groups is 1. The van der Waals surface area contributed by atoms with E-state index in [1.807, 2.05) is 30.3 Å². The van der Waals surface area contributed by atoms with Crippen molar-refractivity contribution in [2.45, 2.75) is 31.7 Å². The average molecular weight is 296 g/mol. The van der Waals surface area contributed by atoms with Crippen LogP contribution in [0.2, 0.25) is 0 Å². The molecular formula is C17H16N2OS. The Morgan fingerprint density at radius 3 is 2.71 bits per heavy atom. The van der Waals surface area contributed by atoms with E-state index in [0.29, 0.717) is 16.7 Å². The van der Waals surface area contributed by atoms with Gasteiger partial charge in [-0.1, -0.05) is 37.0 Å². The summed E-state index contributed by atoms with van der Waals surface area (Å²) in [5.41, 5.74) is 1.42. The fourth-order valence-corrected chi connectivity index (χ4v) is 3.06. The molecule has 1 aliphatic carbocycles. The van der Waals surface area contributed by atoms with Crippen LogP contribution in [0.25, 0.3) is 0 Å². The molecule has 0 aliphatic heterocycles. The first kappa shape index (κ1) is 13.8. The van der Waals surface area contributed by atoms with E-state index in [9.17, 15) is 4.79 Å². The SMILES string of the molecule is O=C(NC1CCCC1)c1csc(C#Cc2ccccc2)n1. The van der Waals surface area contributed by atoms with Crippen molar-refractivity contribution in [1.29, 1.82) is 0 Å². The lowest BCUT2D eigenvalue weighted by Gasteiger charge is -2.09. The van der Waals surface area contributed by atoms with Crippen molar-refractivity contribution in [3.63, 3.8) is 0 Å². The van der Waals surface area contributed by atoms with Gasteiger partial charge in [-0.05, 0) is 30.9 Å². The van der Waals surface area contributed by atoms with Gasteiger partial charge in [0.25, 0.3) is 5.91 Å². The Balaban J connectivity index is 1.66. The maximum atomic E-state index is 12.1. The molecule has 0 atom stereocenters. The number of nitrogens with one attached hydrogen (secondary N) is 1. The Hall–Kier alpha value is -2.12. The standard InChI is InChI=1S/C17H16N2OS/c20-17(18-14-8-4-5-9-14)15-12-21-16(19-15)11-10-13-6-2-1-3-7-13/h1-3,6-7,12,14H,4-5,8-9H2,(H,18,20). The molecule has 1 heterocycles. The van der Waals surface area contributed by atoms with E-state index in [1.165, 1.54) is 24.2 Å².